The number of fused-ring (bicyclic) bond motifs is 1. The third-order valence-electron chi connectivity index (χ3n) is 3.31. The van der Waals surface area contributed by atoms with Crippen LogP contribution in [-0.4, -0.2) is 21.8 Å². The molecule has 0 aliphatic rings. The lowest BCUT2D eigenvalue weighted by molar-refractivity contribution is 0.112. The number of hydrogen-bond acceptors (Lipinski definition) is 4. The van der Waals surface area contributed by atoms with Crippen LogP contribution in [0.5, 0.6) is 0 Å². The van der Waals surface area contributed by atoms with E-state index in [0.29, 0.717) is 11.8 Å². The van der Waals surface area contributed by atoms with Crippen LogP contribution in [0.15, 0.2) is 9.59 Å². The number of hydrogen-bond donors (Lipinski definition) is 0. The minimum Gasteiger partial charge on any atom is -0.297 e. The normalized spacial score (nSPS) is 11.8. The number of aryl methyl sites for hydroxylation is 1. The number of rotatable bonds is 5. The second-order valence-electron chi connectivity index (χ2n) is 5.48. The van der Waals surface area contributed by atoms with Crippen LogP contribution in [0.25, 0.3) is 10.2 Å². The Morgan fingerprint density at radius 1 is 1.18 bits per heavy atom. The van der Waals surface area contributed by atoms with E-state index in [-0.39, 0.29) is 27.6 Å². The summed E-state index contributed by atoms with van der Waals surface area (Å²) < 4.78 is 27.5. The monoisotopic (exact) mass is 330 g/mol. The van der Waals surface area contributed by atoms with Crippen molar-refractivity contribution in [2.24, 2.45) is 5.92 Å². The van der Waals surface area contributed by atoms with Crippen molar-refractivity contribution in [1.82, 2.24) is 9.13 Å². The Bertz CT molecular complexity index is 833. The van der Waals surface area contributed by atoms with Crippen LogP contribution in [0.3, 0.4) is 0 Å². The van der Waals surface area contributed by atoms with Crippen molar-refractivity contribution in [2.45, 2.75) is 40.3 Å². The third-order valence-corrected chi connectivity index (χ3v) is 4.55. The lowest BCUT2D eigenvalue weighted by Gasteiger charge is -2.13. The van der Waals surface area contributed by atoms with Crippen LogP contribution in [0.4, 0.5) is 8.78 Å². The zero-order valence-electron chi connectivity index (χ0n) is 12.4. The van der Waals surface area contributed by atoms with Gasteiger partial charge >= 0.3 is 5.69 Å². The van der Waals surface area contributed by atoms with Crippen LogP contribution < -0.4 is 11.2 Å². The van der Waals surface area contributed by atoms with Crippen LogP contribution in [0, 0.1) is 12.8 Å². The fraction of sp³-hybridized carbons (Fsp3) is 0.500. The summed E-state index contributed by atoms with van der Waals surface area (Å²) in [4.78, 5) is 36.4. The van der Waals surface area contributed by atoms with Crippen molar-refractivity contribution in [2.75, 3.05) is 0 Å². The van der Waals surface area contributed by atoms with E-state index < -0.39 is 24.2 Å². The first kappa shape index (κ1) is 16.5. The Morgan fingerprint density at radius 2 is 1.82 bits per heavy atom. The second-order valence-corrected chi connectivity index (χ2v) is 6.51. The standard InChI is InChI=1S/C14H16F2N2O3S/c1-7(2)4-17-12(20)11-8(3)9(6-19)22-13(11)18(14(17)21)5-10(15)16/h6-7,10H,4-5H2,1-3H3. The minimum atomic E-state index is -2.73. The van der Waals surface area contributed by atoms with Gasteiger partial charge in [-0.15, -0.1) is 11.3 Å². The van der Waals surface area contributed by atoms with Crippen LogP contribution >= 0.6 is 11.3 Å². The third kappa shape index (κ3) is 2.75. The van der Waals surface area contributed by atoms with Gasteiger partial charge in [0, 0.05) is 6.54 Å². The molecule has 2 heterocycles. The van der Waals surface area contributed by atoms with Gasteiger partial charge in [0.05, 0.1) is 16.8 Å². The first-order chi connectivity index (χ1) is 10.3. The number of aldehydes is 1. The molecule has 2 aromatic heterocycles. The van der Waals surface area contributed by atoms with Crippen molar-refractivity contribution in [3.8, 4) is 0 Å². The Balaban J connectivity index is 2.93. The molecular formula is C14H16F2N2O3S. The fourth-order valence-electron chi connectivity index (χ4n) is 2.35. The first-order valence-electron chi connectivity index (χ1n) is 6.78. The molecule has 2 aromatic rings. The maximum absolute atomic E-state index is 12.8. The predicted octanol–water partition coefficient (Wildman–Crippen LogP) is 2.27. The summed E-state index contributed by atoms with van der Waals surface area (Å²) in [5, 5.41) is 0.174. The number of alkyl halides is 2. The molecule has 0 radical (unpaired) electrons. The zero-order chi connectivity index (χ0) is 16.6. The molecular weight excluding hydrogens is 314 g/mol. The van der Waals surface area contributed by atoms with Crippen LogP contribution in [0.1, 0.15) is 29.1 Å². The summed E-state index contributed by atoms with van der Waals surface area (Å²) in [6, 6.07) is 0. The summed E-state index contributed by atoms with van der Waals surface area (Å²) in [5.41, 5.74) is -0.855. The predicted molar refractivity (Wildman–Crippen MR) is 81.3 cm³/mol. The van der Waals surface area contributed by atoms with Crippen molar-refractivity contribution in [3.05, 3.63) is 31.3 Å². The Labute approximate surface area is 128 Å². The maximum atomic E-state index is 12.8. The molecule has 5 nitrogen and oxygen atoms in total. The van der Waals surface area contributed by atoms with Gasteiger partial charge in [0.1, 0.15) is 4.83 Å². The van der Waals surface area contributed by atoms with E-state index in [2.05, 4.69) is 0 Å². The number of nitrogens with zero attached hydrogens (tertiary/aromatic N) is 2. The van der Waals surface area contributed by atoms with Gasteiger partial charge in [-0.25, -0.2) is 13.6 Å². The summed E-state index contributed by atoms with van der Waals surface area (Å²) in [7, 11) is 0. The fourth-order valence-corrected chi connectivity index (χ4v) is 3.47. The van der Waals surface area contributed by atoms with Crippen molar-refractivity contribution in [1.29, 1.82) is 0 Å². The van der Waals surface area contributed by atoms with E-state index in [1.807, 2.05) is 13.8 Å². The molecule has 0 amide bonds. The number of carbonyl (C=O) groups is 1. The zero-order valence-corrected chi connectivity index (χ0v) is 13.2. The molecule has 0 spiro atoms. The van der Waals surface area contributed by atoms with Gasteiger partial charge in [0.25, 0.3) is 12.0 Å². The number of aromatic nitrogens is 2. The van der Waals surface area contributed by atoms with Gasteiger partial charge < -0.3 is 0 Å². The summed E-state index contributed by atoms with van der Waals surface area (Å²) >= 11 is 0.897. The van der Waals surface area contributed by atoms with Crippen LogP contribution in [-0.2, 0) is 13.1 Å². The second kappa shape index (κ2) is 6.12. The summed E-state index contributed by atoms with van der Waals surface area (Å²) in [6.45, 7) is 4.57. The Kier molecular flexibility index (Phi) is 4.60. The average molecular weight is 330 g/mol. The topological polar surface area (TPSA) is 61.1 Å². The number of thiophene rings is 1. The molecule has 0 N–H and O–H groups in total. The lowest BCUT2D eigenvalue weighted by Crippen LogP contribution is -2.41. The lowest BCUT2D eigenvalue weighted by atomic mass is 10.2. The average Bonchev–Trinajstić information content (AvgIpc) is 2.76. The molecule has 0 saturated heterocycles. The molecule has 0 aliphatic carbocycles. The molecule has 0 atom stereocenters. The van der Waals surface area contributed by atoms with Crippen molar-refractivity contribution in [3.63, 3.8) is 0 Å². The minimum absolute atomic E-state index is 0.00679. The van der Waals surface area contributed by atoms with E-state index in [9.17, 15) is 23.2 Å². The smallest absolute Gasteiger partial charge is 0.297 e. The van der Waals surface area contributed by atoms with Gasteiger partial charge in [0.15, 0.2) is 6.29 Å². The quantitative estimate of drug-likeness (QED) is 0.790. The molecule has 0 unspecified atom stereocenters. The van der Waals surface area contributed by atoms with E-state index in [4.69, 9.17) is 0 Å². The van der Waals surface area contributed by atoms with Crippen molar-refractivity contribution < 1.29 is 13.6 Å². The maximum Gasteiger partial charge on any atom is 0.332 e. The Morgan fingerprint density at radius 3 is 2.32 bits per heavy atom. The van der Waals surface area contributed by atoms with E-state index >= 15 is 0 Å². The molecule has 0 aliphatic heterocycles. The molecule has 0 saturated carbocycles. The molecule has 22 heavy (non-hydrogen) atoms. The summed E-state index contributed by atoms with van der Waals surface area (Å²) in [5.74, 6) is 0.00679. The molecule has 0 fully saturated rings. The summed E-state index contributed by atoms with van der Waals surface area (Å²) in [6.07, 6.45) is -2.16. The van der Waals surface area contributed by atoms with Crippen molar-refractivity contribution >= 4 is 27.8 Å². The Hall–Kier alpha value is -1.83. The highest BCUT2D eigenvalue weighted by Gasteiger charge is 2.21. The first-order valence-corrected chi connectivity index (χ1v) is 7.59. The number of halogens is 2. The van der Waals surface area contributed by atoms with Gasteiger partial charge in [-0.05, 0) is 18.4 Å². The van der Waals surface area contributed by atoms with E-state index in [0.717, 1.165) is 20.5 Å². The highest BCUT2D eigenvalue weighted by Crippen LogP contribution is 2.26. The van der Waals surface area contributed by atoms with Crippen LogP contribution in [0.2, 0.25) is 0 Å². The number of carbonyl (C=O) groups excluding carboxylic acids is 1. The largest absolute Gasteiger partial charge is 0.332 e. The SMILES string of the molecule is Cc1c(C=O)sc2c1c(=O)n(CC(C)C)c(=O)n2CC(F)F. The molecule has 2 rings (SSSR count). The molecule has 0 bridgehead atoms. The van der Waals surface area contributed by atoms with Gasteiger partial charge in [-0.2, -0.15) is 0 Å². The van der Waals surface area contributed by atoms with Gasteiger partial charge in [-0.3, -0.25) is 18.7 Å². The van der Waals surface area contributed by atoms with E-state index in [1.54, 1.807) is 6.92 Å². The van der Waals surface area contributed by atoms with Gasteiger partial charge in [-0.1, -0.05) is 13.8 Å². The van der Waals surface area contributed by atoms with E-state index in [1.165, 1.54) is 0 Å². The van der Waals surface area contributed by atoms with Gasteiger partial charge in [0.2, 0.25) is 0 Å². The highest BCUT2D eigenvalue weighted by molar-refractivity contribution is 7.20. The molecule has 120 valence electrons. The molecule has 0 aromatic carbocycles. The molecule has 8 heteroatoms. The highest BCUT2D eigenvalue weighted by atomic mass is 32.1.